The highest BCUT2D eigenvalue weighted by molar-refractivity contribution is 14.1. The van der Waals surface area contributed by atoms with E-state index in [-0.39, 0.29) is 11.6 Å². The monoisotopic (exact) mass is 299 g/mol. The zero-order valence-corrected chi connectivity index (χ0v) is 10.2. The van der Waals surface area contributed by atoms with Crippen molar-refractivity contribution in [1.82, 2.24) is 3.53 Å². The van der Waals surface area contributed by atoms with Gasteiger partial charge in [-0.05, 0) is 32.6 Å². The van der Waals surface area contributed by atoms with Crippen LogP contribution in [0.5, 0.6) is 0 Å². The van der Waals surface area contributed by atoms with Crippen molar-refractivity contribution in [3.8, 4) is 0 Å². The summed E-state index contributed by atoms with van der Waals surface area (Å²) in [5.41, 5.74) is 0.120. The quantitative estimate of drug-likeness (QED) is 0.461. The highest BCUT2D eigenvalue weighted by Gasteiger charge is 2.37. The van der Waals surface area contributed by atoms with Crippen molar-refractivity contribution in [3.05, 3.63) is 0 Å². The molecule has 1 aliphatic rings. The largest absolute Gasteiger partial charge is 0.393 e. The van der Waals surface area contributed by atoms with Gasteiger partial charge in [-0.3, -0.25) is 3.53 Å². The second-order valence-corrected chi connectivity index (χ2v) is 4.26. The maximum atomic E-state index is 9.47. The van der Waals surface area contributed by atoms with E-state index < -0.39 is 0 Å². The zero-order valence-electron chi connectivity index (χ0n) is 8.05. The summed E-state index contributed by atoms with van der Waals surface area (Å²) in [6.07, 6.45) is 3.72. The van der Waals surface area contributed by atoms with E-state index in [2.05, 4.69) is 26.4 Å². The lowest BCUT2D eigenvalue weighted by molar-refractivity contribution is 0.117. The third-order valence-electron chi connectivity index (χ3n) is 2.71. The molecule has 0 bridgehead atoms. The van der Waals surface area contributed by atoms with Gasteiger partial charge >= 0.3 is 0 Å². The van der Waals surface area contributed by atoms with E-state index in [1.54, 1.807) is 0 Å². The molecule has 3 nitrogen and oxygen atoms in total. The van der Waals surface area contributed by atoms with E-state index in [1.807, 2.05) is 6.92 Å². The van der Waals surface area contributed by atoms with Crippen LogP contribution < -0.4 is 3.53 Å². The summed E-state index contributed by atoms with van der Waals surface area (Å²) in [7, 11) is 0. The van der Waals surface area contributed by atoms with Crippen LogP contribution in [-0.4, -0.2) is 30.0 Å². The molecule has 0 aromatic heterocycles. The minimum absolute atomic E-state index is 0.120. The smallest absolute Gasteiger partial charge is 0.0558 e. The average Bonchev–Trinajstić information content (AvgIpc) is 2.49. The molecule has 1 saturated carbocycles. The molecule has 0 aliphatic heterocycles. The molecule has 0 amide bonds. The van der Waals surface area contributed by atoms with E-state index in [0.29, 0.717) is 0 Å². The molecule has 1 aliphatic carbocycles. The van der Waals surface area contributed by atoms with Gasteiger partial charge in [0.2, 0.25) is 0 Å². The first-order valence-electron chi connectivity index (χ1n) is 4.86. The lowest BCUT2D eigenvalue weighted by Crippen LogP contribution is -2.38. The summed E-state index contributed by atoms with van der Waals surface area (Å²) in [5.74, 6) is 0. The lowest BCUT2D eigenvalue weighted by Gasteiger charge is -2.27. The number of ether oxygens (including phenoxy) is 1. The maximum Gasteiger partial charge on any atom is 0.0558 e. The van der Waals surface area contributed by atoms with Crippen LogP contribution in [-0.2, 0) is 4.74 Å². The Hall–Kier alpha value is 0.610. The number of nitrogens with one attached hydrogen (secondary N) is 1. The molecule has 2 atom stereocenters. The van der Waals surface area contributed by atoms with E-state index in [4.69, 9.17) is 4.74 Å². The van der Waals surface area contributed by atoms with Gasteiger partial charge < -0.3 is 9.84 Å². The van der Waals surface area contributed by atoms with Crippen LogP contribution in [0.15, 0.2) is 0 Å². The second kappa shape index (κ2) is 5.48. The van der Waals surface area contributed by atoms with Gasteiger partial charge in [0.25, 0.3) is 0 Å². The van der Waals surface area contributed by atoms with Crippen molar-refractivity contribution < 1.29 is 9.84 Å². The summed E-state index contributed by atoms with van der Waals surface area (Å²) in [4.78, 5) is 0. The third-order valence-corrected chi connectivity index (χ3v) is 3.86. The Labute approximate surface area is 93.7 Å². The molecule has 0 aromatic rings. The number of aliphatic hydroxyl groups excluding tert-OH is 1. The maximum absolute atomic E-state index is 9.47. The summed E-state index contributed by atoms with van der Waals surface area (Å²) in [6, 6.07) is 0. The molecule has 2 unspecified atom stereocenters. The summed E-state index contributed by atoms with van der Waals surface area (Å²) >= 11 is 2.19. The van der Waals surface area contributed by atoms with E-state index in [0.717, 1.165) is 38.9 Å². The molecule has 0 aromatic carbocycles. The highest BCUT2D eigenvalue weighted by atomic mass is 127. The summed E-state index contributed by atoms with van der Waals surface area (Å²) < 4.78 is 8.63. The van der Waals surface area contributed by atoms with Crippen molar-refractivity contribution in [2.45, 2.75) is 44.2 Å². The topological polar surface area (TPSA) is 41.5 Å². The van der Waals surface area contributed by atoms with Crippen molar-refractivity contribution in [3.63, 3.8) is 0 Å². The minimum atomic E-state index is -0.121. The van der Waals surface area contributed by atoms with Gasteiger partial charge in [0.15, 0.2) is 0 Å². The Kier molecular flexibility index (Phi) is 4.93. The van der Waals surface area contributed by atoms with E-state index in [1.165, 1.54) is 0 Å². The first-order valence-corrected chi connectivity index (χ1v) is 5.94. The van der Waals surface area contributed by atoms with Crippen molar-refractivity contribution in [1.29, 1.82) is 0 Å². The van der Waals surface area contributed by atoms with Crippen molar-refractivity contribution in [2.75, 3.05) is 13.2 Å². The van der Waals surface area contributed by atoms with Crippen LogP contribution in [0, 0.1) is 0 Å². The predicted octanol–water partition coefficient (Wildman–Crippen LogP) is 1.64. The van der Waals surface area contributed by atoms with Gasteiger partial charge in [0.1, 0.15) is 0 Å². The lowest BCUT2D eigenvalue weighted by atomic mass is 9.95. The van der Waals surface area contributed by atoms with Crippen molar-refractivity contribution in [2.24, 2.45) is 0 Å². The molecule has 0 spiro atoms. The van der Waals surface area contributed by atoms with Crippen LogP contribution >= 0.6 is 22.9 Å². The molecular formula is C9H18INO2. The Morgan fingerprint density at radius 1 is 1.69 bits per heavy atom. The molecule has 78 valence electrons. The number of hydrogen-bond donors (Lipinski definition) is 2. The number of hydrogen-bond acceptors (Lipinski definition) is 3. The minimum Gasteiger partial charge on any atom is -0.393 e. The van der Waals surface area contributed by atoms with Crippen molar-refractivity contribution >= 4 is 22.9 Å². The molecule has 0 saturated heterocycles. The van der Waals surface area contributed by atoms with Gasteiger partial charge in [-0.2, -0.15) is 0 Å². The fourth-order valence-corrected chi connectivity index (χ4v) is 2.63. The Morgan fingerprint density at radius 3 is 2.92 bits per heavy atom. The van der Waals surface area contributed by atoms with E-state index >= 15 is 0 Å². The van der Waals surface area contributed by atoms with Crippen LogP contribution in [0.1, 0.15) is 32.6 Å². The highest BCUT2D eigenvalue weighted by Crippen LogP contribution is 2.33. The summed E-state index contributed by atoms with van der Waals surface area (Å²) in [5, 5.41) is 9.47. The number of aliphatic hydroxyl groups is 1. The molecule has 1 fully saturated rings. The third kappa shape index (κ3) is 3.34. The first kappa shape index (κ1) is 11.7. The van der Waals surface area contributed by atoms with Crippen LogP contribution in [0.2, 0.25) is 0 Å². The predicted molar refractivity (Wildman–Crippen MR) is 60.9 cm³/mol. The van der Waals surface area contributed by atoms with Gasteiger partial charge in [-0.25, -0.2) is 0 Å². The summed E-state index contributed by atoms with van der Waals surface area (Å²) in [6.45, 7) is 3.58. The molecule has 0 heterocycles. The molecule has 2 N–H and O–H groups in total. The molecule has 1 rings (SSSR count). The molecule has 4 heteroatoms. The average molecular weight is 299 g/mol. The van der Waals surface area contributed by atoms with Gasteiger partial charge in [-0.1, -0.05) is 0 Å². The Morgan fingerprint density at radius 2 is 2.46 bits per heavy atom. The number of halogens is 1. The van der Waals surface area contributed by atoms with Gasteiger partial charge in [0.05, 0.1) is 6.10 Å². The standard InChI is InChI=1S/C9H18INO2/c1-2-13-6-5-9(11-10)4-3-8(12)7-9/h8,11-12H,2-7H2,1H3. The number of rotatable bonds is 5. The van der Waals surface area contributed by atoms with Crippen LogP contribution in [0.3, 0.4) is 0 Å². The van der Waals surface area contributed by atoms with Crippen LogP contribution in [0.25, 0.3) is 0 Å². The normalized spacial score (nSPS) is 33.9. The fraction of sp³-hybridized carbons (Fsp3) is 1.00. The Balaban J connectivity index is 2.32. The molecular weight excluding hydrogens is 281 g/mol. The van der Waals surface area contributed by atoms with Crippen LogP contribution in [0.4, 0.5) is 0 Å². The SMILES string of the molecule is CCOCCC1(NI)CCC(O)C1. The second-order valence-electron chi connectivity index (χ2n) is 3.72. The van der Waals surface area contributed by atoms with E-state index in [9.17, 15) is 5.11 Å². The Bertz CT molecular complexity index is 157. The zero-order chi connectivity index (χ0) is 9.73. The fourth-order valence-electron chi connectivity index (χ4n) is 1.87. The van der Waals surface area contributed by atoms with Gasteiger partial charge in [0, 0.05) is 41.6 Å². The molecule has 0 radical (unpaired) electrons. The molecule has 13 heavy (non-hydrogen) atoms. The van der Waals surface area contributed by atoms with Gasteiger partial charge in [-0.15, -0.1) is 0 Å². The first-order chi connectivity index (χ1) is 6.22.